The number of benzene rings is 3. The van der Waals surface area contributed by atoms with E-state index in [1.54, 1.807) is 37.6 Å². The highest BCUT2D eigenvalue weighted by molar-refractivity contribution is 7.81. The number of hydrogen-bond donors (Lipinski definition) is 3. The number of rotatable bonds is 18. The van der Waals surface area contributed by atoms with Crippen molar-refractivity contribution in [2.45, 2.75) is 116 Å². The minimum Gasteiger partial charge on any atom is -0.493 e. The van der Waals surface area contributed by atoms with Gasteiger partial charge in [0.05, 0.1) is 76.2 Å². The highest BCUT2D eigenvalue weighted by Crippen LogP contribution is 2.44. The number of thiocarbonyl (C=S) groups is 1. The predicted molar refractivity (Wildman–Crippen MR) is 279 cm³/mol. The molecule has 0 spiro atoms. The molecule has 3 saturated heterocycles. The van der Waals surface area contributed by atoms with Crippen LogP contribution in [0, 0.1) is 35.3 Å². The zero-order valence-electron chi connectivity index (χ0n) is 43.6. The molecule has 15 nitrogen and oxygen atoms in total. The fraction of sp³-hybridized carbons (Fsp3) is 0.426. The molecule has 8 rings (SSSR count). The molecule has 0 aliphatic carbocycles. The number of hydrogen-bond acceptors (Lipinski definition) is 13. The maximum Gasteiger partial charge on any atom is 0.420 e. The number of likely N-dealkylation sites (tertiary alicyclic amines) is 1. The van der Waals surface area contributed by atoms with E-state index in [2.05, 4.69) is 20.6 Å². The van der Waals surface area contributed by atoms with Crippen molar-refractivity contribution in [3.8, 4) is 33.5 Å². The van der Waals surface area contributed by atoms with Gasteiger partial charge in [0, 0.05) is 31.1 Å². The summed E-state index contributed by atoms with van der Waals surface area (Å²) >= 11 is 6.93. The van der Waals surface area contributed by atoms with Crippen molar-refractivity contribution in [1.82, 2.24) is 25.5 Å². The molecule has 2 aromatic heterocycles. The molecule has 26 heteroatoms. The molecule has 426 valence electrons. The largest absolute Gasteiger partial charge is 0.493 e. The van der Waals surface area contributed by atoms with Gasteiger partial charge in [0.1, 0.15) is 53.7 Å². The number of thiazole rings is 1. The zero-order chi connectivity index (χ0) is 58.4. The van der Waals surface area contributed by atoms with Crippen LogP contribution in [0.4, 0.5) is 50.9 Å². The van der Waals surface area contributed by atoms with Gasteiger partial charge >= 0.3 is 12.4 Å². The molecule has 0 radical (unpaired) electrons. The van der Waals surface area contributed by atoms with Crippen molar-refractivity contribution in [2.24, 2.45) is 5.41 Å². The fourth-order valence-corrected chi connectivity index (χ4v) is 10.9. The molecule has 3 fully saturated rings. The van der Waals surface area contributed by atoms with E-state index in [-0.39, 0.29) is 30.6 Å². The number of nitrogens with one attached hydrogen (secondary N) is 2. The standard InChI is InChI=1S/C54H53F9N8O7S2/c1-27-45(80-26-67-27)29-9-7-28(8-10-29)21-66-47-44(78-47)39-18-33(72)23-69(39)48(74)46(51(2,3)4)68-40(73)25-76-24-31(55)15-16-77-34-12-13-35(36(19-34)53(58,59)60)43-37(56)17-32(22-65-43)71-50(79)70(49(75)52(71,5)6)38-14-11-30(20-64)41(42(38)57)54(61,62)63/h7-14,17,19,22,26,31,33,39,44,46-47,66,72H,15-16,18,21,23-25H2,1-6H3,(H,68,73)/t31?,33-,39+,44?,46-,47?/m1/s1. The monoisotopic (exact) mass is 1160 g/mol. The molecule has 3 aliphatic heterocycles. The van der Waals surface area contributed by atoms with Crippen LogP contribution < -0.4 is 25.2 Å². The first-order chi connectivity index (χ1) is 37.5. The van der Waals surface area contributed by atoms with Crippen LogP contribution in [-0.4, -0.2) is 111 Å². The number of carbonyl (C=O) groups is 3. The number of epoxide rings is 1. The quantitative estimate of drug-likeness (QED) is 0.0429. The summed E-state index contributed by atoms with van der Waals surface area (Å²) in [5.41, 5.74) is -5.10. The SMILES string of the molecule is Cc1ncsc1-c1ccc(CNC2OC2[C@@H]2C[C@@H](O)CN2C(=O)[C@@H](NC(=O)COCC(F)CCOc2ccc(-c3ncc(N4C(=S)N(c5ccc(C#N)c(C(F)(F)F)c5F)C(=O)C4(C)C)cc3F)c(C(F)(F)F)c2)C(C)(C)C)cc1. The normalized spacial score (nSPS) is 20.0. The number of aromatic nitrogens is 2. The molecule has 3 N–H and O–H groups in total. The Morgan fingerprint density at radius 1 is 1.02 bits per heavy atom. The smallest absolute Gasteiger partial charge is 0.420 e. The van der Waals surface area contributed by atoms with Crippen molar-refractivity contribution in [2.75, 3.05) is 36.2 Å². The van der Waals surface area contributed by atoms with Gasteiger partial charge in [-0.1, -0.05) is 45.0 Å². The molecule has 3 aliphatic rings. The van der Waals surface area contributed by atoms with Crippen molar-refractivity contribution in [1.29, 1.82) is 5.26 Å². The van der Waals surface area contributed by atoms with Gasteiger partial charge in [0.25, 0.3) is 5.91 Å². The molecular formula is C54H53F9N8O7S2. The van der Waals surface area contributed by atoms with Crippen LogP contribution in [0.15, 0.2) is 72.4 Å². The molecule has 5 aromatic rings. The number of β-amino-alcohol motifs (C(OH)–C–C–N with tert-alkyl or cyclic N) is 1. The van der Waals surface area contributed by atoms with Gasteiger partial charge in [0.15, 0.2) is 16.7 Å². The van der Waals surface area contributed by atoms with Crippen LogP contribution >= 0.6 is 23.6 Å². The van der Waals surface area contributed by atoms with E-state index in [0.29, 0.717) is 29.6 Å². The molecule has 3 amide bonds. The number of nitrogens with zero attached hydrogens (tertiary/aromatic N) is 6. The third-order valence-corrected chi connectivity index (χ3v) is 15.0. The Morgan fingerprint density at radius 2 is 1.74 bits per heavy atom. The maximum absolute atomic E-state index is 16.0. The molecule has 6 atom stereocenters. The molecule has 3 unspecified atom stereocenters. The summed E-state index contributed by atoms with van der Waals surface area (Å²) in [6.45, 7) is 8.42. The van der Waals surface area contributed by atoms with Gasteiger partial charge < -0.3 is 34.4 Å². The van der Waals surface area contributed by atoms with Crippen molar-refractivity contribution in [3.63, 3.8) is 0 Å². The number of nitriles is 1. The Morgan fingerprint density at radius 3 is 2.36 bits per heavy atom. The summed E-state index contributed by atoms with van der Waals surface area (Å²) < 4.78 is 148. The van der Waals surface area contributed by atoms with E-state index in [0.717, 1.165) is 51.0 Å². The number of amides is 3. The lowest BCUT2D eigenvalue weighted by atomic mass is 9.85. The highest BCUT2D eigenvalue weighted by Gasteiger charge is 2.54. The first-order valence-electron chi connectivity index (χ1n) is 24.9. The summed E-state index contributed by atoms with van der Waals surface area (Å²) in [5, 5.41) is 25.3. The Hall–Kier alpha value is -6.76. The van der Waals surface area contributed by atoms with E-state index in [1.165, 1.54) is 24.8 Å². The van der Waals surface area contributed by atoms with Crippen LogP contribution in [0.2, 0.25) is 0 Å². The number of ether oxygens (including phenoxy) is 3. The van der Waals surface area contributed by atoms with E-state index < -0.39 is 148 Å². The lowest BCUT2D eigenvalue weighted by Crippen LogP contribution is -2.57. The first-order valence-corrected chi connectivity index (χ1v) is 26.2. The van der Waals surface area contributed by atoms with Crippen molar-refractivity contribution in [3.05, 3.63) is 112 Å². The van der Waals surface area contributed by atoms with Gasteiger partial charge in [-0.15, -0.1) is 11.3 Å². The van der Waals surface area contributed by atoms with Crippen LogP contribution in [0.5, 0.6) is 5.75 Å². The number of carbonyl (C=O) groups excluding carboxylic acids is 3. The molecule has 0 saturated carbocycles. The summed E-state index contributed by atoms with van der Waals surface area (Å²) in [6, 6.07) is 12.3. The van der Waals surface area contributed by atoms with Crippen molar-refractivity contribution < 1.29 is 73.2 Å². The summed E-state index contributed by atoms with van der Waals surface area (Å²) in [4.78, 5) is 53.1. The predicted octanol–water partition coefficient (Wildman–Crippen LogP) is 9.42. The third kappa shape index (κ3) is 12.6. The molecular weight excluding hydrogens is 1110 g/mol. The number of halogens is 9. The Balaban J connectivity index is 0.833. The third-order valence-electron chi connectivity index (χ3n) is 13.7. The van der Waals surface area contributed by atoms with E-state index in [9.17, 15) is 51.1 Å². The zero-order valence-corrected chi connectivity index (χ0v) is 45.3. The first kappa shape index (κ1) is 59.4. The number of pyridine rings is 1. The molecule has 80 heavy (non-hydrogen) atoms. The molecule has 3 aromatic carbocycles. The Kier molecular flexibility index (Phi) is 17.1. The van der Waals surface area contributed by atoms with E-state index >= 15 is 13.2 Å². The second-order valence-corrected chi connectivity index (χ2v) is 22.1. The number of aryl methyl sites for hydroxylation is 1. The van der Waals surface area contributed by atoms with Gasteiger partial charge in [-0.3, -0.25) is 29.6 Å². The average molecular weight is 1160 g/mol. The van der Waals surface area contributed by atoms with Gasteiger partial charge in [-0.2, -0.15) is 31.6 Å². The lowest BCUT2D eigenvalue weighted by molar-refractivity contribution is -0.142. The van der Waals surface area contributed by atoms with Crippen LogP contribution in [0.25, 0.3) is 21.7 Å². The second-order valence-electron chi connectivity index (χ2n) is 20.9. The van der Waals surface area contributed by atoms with Crippen molar-refractivity contribution >= 4 is 57.8 Å². The number of alkyl halides is 7. The van der Waals surface area contributed by atoms with Crippen LogP contribution in [-0.2, 0) is 42.8 Å². The maximum atomic E-state index is 16.0. The minimum absolute atomic E-state index is 0.0170. The second kappa shape index (κ2) is 23.0. The average Bonchev–Trinajstić information content (AvgIpc) is 3.85. The summed E-state index contributed by atoms with van der Waals surface area (Å²) in [7, 11) is 0. The van der Waals surface area contributed by atoms with Gasteiger partial charge in [-0.25, -0.2) is 18.2 Å². The Bertz CT molecular complexity index is 3220. The fourth-order valence-electron chi connectivity index (χ4n) is 9.60. The minimum atomic E-state index is -5.35. The topological polar surface area (TPSA) is 186 Å². The molecule has 5 heterocycles. The van der Waals surface area contributed by atoms with E-state index in [1.807, 2.05) is 31.2 Å². The summed E-state index contributed by atoms with van der Waals surface area (Å²) in [5.74, 6) is -5.96. The van der Waals surface area contributed by atoms with Gasteiger partial charge in [0.2, 0.25) is 11.8 Å². The number of aliphatic hydroxyl groups excluding tert-OH is 1. The number of anilines is 2. The van der Waals surface area contributed by atoms with Crippen LogP contribution in [0.3, 0.4) is 0 Å². The van der Waals surface area contributed by atoms with E-state index in [4.69, 9.17) is 26.4 Å². The molecule has 0 bridgehead atoms. The van der Waals surface area contributed by atoms with Crippen LogP contribution in [0.1, 0.15) is 75.4 Å². The highest BCUT2D eigenvalue weighted by atomic mass is 32.1. The van der Waals surface area contributed by atoms with Gasteiger partial charge in [-0.05, 0) is 86.3 Å². The summed E-state index contributed by atoms with van der Waals surface area (Å²) in [6.07, 6.45) is -13.1. The number of aliphatic hydroxyl groups is 1. The Labute approximate surface area is 462 Å². The lowest BCUT2D eigenvalue weighted by Gasteiger charge is -2.35.